The van der Waals surface area contributed by atoms with E-state index in [0.29, 0.717) is 35.7 Å². The molecule has 10 heteroatoms. The summed E-state index contributed by atoms with van der Waals surface area (Å²) in [7, 11) is 1.78. The number of nitrogens with zero attached hydrogens (tertiary/aromatic N) is 5. The number of hydrogen-bond donors (Lipinski definition) is 3. The normalized spacial score (nSPS) is 17.0. The molecule has 0 saturated carbocycles. The SMILES string of the molecule is CNCC(O)COc1cccc(-c2nc(N)c(C)c(N3CCCC3c3nc(C)no3)n2)c1. The number of nitrogens with one attached hydrogen (secondary N) is 1. The molecule has 170 valence electrons. The largest absolute Gasteiger partial charge is 0.491 e. The molecule has 2 unspecified atom stereocenters. The smallest absolute Gasteiger partial charge is 0.249 e. The molecule has 0 spiro atoms. The monoisotopic (exact) mass is 439 g/mol. The topological polar surface area (TPSA) is 135 Å². The van der Waals surface area contributed by atoms with Gasteiger partial charge < -0.3 is 30.3 Å². The van der Waals surface area contributed by atoms with Gasteiger partial charge in [0.15, 0.2) is 11.6 Å². The fourth-order valence-electron chi connectivity index (χ4n) is 3.87. The van der Waals surface area contributed by atoms with Crippen molar-refractivity contribution in [1.29, 1.82) is 0 Å². The van der Waals surface area contributed by atoms with Crippen molar-refractivity contribution < 1.29 is 14.4 Å². The van der Waals surface area contributed by atoms with Crippen LogP contribution < -0.4 is 20.7 Å². The maximum atomic E-state index is 9.89. The predicted molar refractivity (Wildman–Crippen MR) is 120 cm³/mol. The molecule has 2 aromatic heterocycles. The van der Waals surface area contributed by atoms with E-state index < -0.39 is 6.10 Å². The Morgan fingerprint density at radius 2 is 2.16 bits per heavy atom. The fraction of sp³-hybridized carbons (Fsp3) is 0.455. The first-order valence-electron chi connectivity index (χ1n) is 10.7. The van der Waals surface area contributed by atoms with Crippen LogP contribution >= 0.6 is 0 Å². The highest BCUT2D eigenvalue weighted by Gasteiger charge is 2.33. The molecule has 4 N–H and O–H groups in total. The lowest BCUT2D eigenvalue weighted by atomic mass is 10.1. The molecule has 0 amide bonds. The van der Waals surface area contributed by atoms with Crippen LogP contribution in [0.3, 0.4) is 0 Å². The van der Waals surface area contributed by atoms with Crippen LogP contribution in [-0.4, -0.2) is 58.1 Å². The average Bonchev–Trinajstić information content (AvgIpc) is 3.43. The van der Waals surface area contributed by atoms with E-state index in [9.17, 15) is 5.11 Å². The summed E-state index contributed by atoms with van der Waals surface area (Å²) in [4.78, 5) is 16.0. The van der Waals surface area contributed by atoms with E-state index in [2.05, 4.69) is 25.3 Å². The molecule has 1 aliphatic rings. The molecule has 1 fully saturated rings. The van der Waals surface area contributed by atoms with Crippen molar-refractivity contribution in [2.45, 2.75) is 38.8 Å². The van der Waals surface area contributed by atoms with Crippen LogP contribution in [0.15, 0.2) is 28.8 Å². The van der Waals surface area contributed by atoms with Crippen molar-refractivity contribution in [2.75, 3.05) is 37.4 Å². The second kappa shape index (κ2) is 9.49. The Balaban J connectivity index is 1.62. The number of anilines is 2. The van der Waals surface area contributed by atoms with Crippen molar-refractivity contribution in [3.8, 4) is 17.1 Å². The molecule has 3 aromatic rings. The zero-order valence-corrected chi connectivity index (χ0v) is 18.6. The summed E-state index contributed by atoms with van der Waals surface area (Å²) in [6.07, 6.45) is 1.30. The van der Waals surface area contributed by atoms with Crippen LogP contribution in [0.4, 0.5) is 11.6 Å². The molecule has 1 aliphatic heterocycles. The molecular formula is C22H29N7O3. The number of benzene rings is 1. The summed E-state index contributed by atoms with van der Waals surface area (Å²) >= 11 is 0. The Labute approximate surface area is 186 Å². The third-order valence-corrected chi connectivity index (χ3v) is 5.49. The number of rotatable bonds is 8. The molecule has 3 heterocycles. The average molecular weight is 440 g/mol. The number of nitrogen functional groups attached to an aromatic ring is 1. The van der Waals surface area contributed by atoms with Gasteiger partial charge in [-0.2, -0.15) is 4.98 Å². The number of aliphatic hydroxyl groups excluding tert-OH is 1. The zero-order valence-electron chi connectivity index (χ0n) is 18.6. The van der Waals surface area contributed by atoms with E-state index in [1.807, 2.05) is 38.1 Å². The molecule has 1 aromatic carbocycles. The van der Waals surface area contributed by atoms with Crippen molar-refractivity contribution in [2.24, 2.45) is 0 Å². The summed E-state index contributed by atoms with van der Waals surface area (Å²) in [6.45, 7) is 5.19. The molecule has 0 aliphatic carbocycles. The van der Waals surface area contributed by atoms with Gasteiger partial charge in [-0.05, 0) is 45.9 Å². The Morgan fingerprint density at radius 1 is 1.31 bits per heavy atom. The molecule has 0 bridgehead atoms. The number of likely N-dealkylation sites (N-methyl/N-ethyl adjacent to an activating group) is 1. The van der Waals surface area contributed by atoms with Gasteiger partial charge in [0.1, 0.15) is 36.1 Å². The summed E-state index contributed by atoms with van der Waals surface area (Å²) in [5.41, 5.74) is 7.88. The molecule has 0 radical (unpaired) electrons. The number of hydrogen-bond acceptors (Lipinski definition) is 10. The van der Waals surface area contributed by atoms with Crippen LogP contribution in [0.25, 0.3) is 11.4 Å². The molecule has 1 saturated heterocycles. The van der Waals surface area contributed by atoms with Crippen molar-refractivity contribution >= 4 is 11.6 Å². The maximum Gasteiger partial charge on any atom is 0.249 e. The van der Waals surface area contributed by atoms with Crippen LogP contribution in [0, 0.1) is 13.8 Å². The Hall–Kier alpha value is -3.24. The lowest BCUT2D eigenvalue weighted by Gasteiger charge is -2.25. The van der Waals surface area contributed by atoms with Gasteiger partial charge in [0.25, 0.3) is 0 Å². The third kappa shape index (κ3) is 4.66. The van der Waals surface area contributed by atoms with Gasteiger partial charge in [-0.25, -0.2) is 9.97 Å². The highest BCUT2D eigenvalue weighted by Crippen LogP contribution is 2.38. The standard InChI is InChI=1S/C22H29N7O3/c1-13-19(23)26-20(15-6-4-7-17(10-15)31-12-16(30)11-24-3)27-21(13)29-9-5-8-18(29)22-25-14(2)28-32-22/h4,6-7,10,16,18,24,30H,5,8-9,11-12H2,1-3H3,(H2,23,26,27). The number of aliphatic hydroxyl groups is 1. The summed E-state index contributed by atoms with van der Waals surface area (Å²) < 4.78 is 11.2. The summed E-state index contributed by atoms with van der Waals surface area (Å²) in [6, 6.07) is 7.42. The zero-order chi connectivity index (χ0) is 22.7. The minimum absolute atomic E-state index is 0.0413. The third-order valence-electron chi connectivity index (χ3n) is 5.49. The number of nitrogens with two attached hydrogens (primary N) is 1. The Bertz CT molecular complexity index is 1070. The lowest BCUT2D eigenvalue weighted by molar-refractivity contribution is 0.108. The molecule has 32 heavy (non-hydrogen) atoms. The van der Waals surface area contributed by atoms with Gasteiger partial charge in [0.05, 0.1) is 0 Å². The van der Waals surface area contributed by atoms with Gasteiger partial charge >= 0.3 is 0 Å². The number of aromatic nitrogens is 4. The first-order chi connectivity index (χ1) is 15.5. The Kier molecular flexibility index (Phi) is 6.52. The second-order valence-electron chi connectivity index (χ2n) is 7.96. The number of aryl methyl sites for hydroxylation is 1. The Morgan fingerprint density at radius 3 is 2.91 bits per heavy atom. The van der Waals surface area contributed by atoms with Crippen LogP contribution in [0.1, 0.15) is 36.2 Å². The first kappa shape index (κ1) is 22.0. The van der Waals surface area contributed by atoms with E-state index in [1.165, 1.54) is 0 Å². The van der Waals surface area contributed by atoms with Gasteiger partial charge in [0, 0.05) is 24.2 Å². The van der Waals surface area contributed by atoms with E-state index in [4.69, 9.17) is 20.0 Å². The van der Waals surface area contributed by atoms with Gasteiger partial charge in [-0.3, -0.25) is 0 Å². The van der Waals surface area contributed by atoms with E-state index in [1.54, 1.807) is 7.05 Å². The second-order valence-corrected chi connectivity index (χ2v) is 7.96. The van der Waals surface area contributed by atoms with E-state index >= 15 is 0 Å². The van der Waals surface area contributed by atoms with Crippen molar-refractivity contribution in [3.63, 3.8) is 0 Å². The fourth-order valence-corrected chi connectivity index (χ4v) is 3.87. The van der Waals surface area contributed by atoms with Crippen LogP contribution in [-0.2, 0) is 0 Å². The van der Waals surface area contributed by atoms with Crippen LogP contribution in [0.2, 0.25) is 0 Å². The highest BCUT2D eigenvalue weighted by molar-refractivity contribution is 5.66. The minimum atomic E-state index is -0.595. The predicted octanol–water partition coefficient (Wildman–Crippen LogP) is 2.03. The summed E-state index contributed by atoms with van der Waals surface area (Å²) in [5.74, 6) is 3.53. The van der Waals surface area contributed by atoms with E-state index in [0.717, 1.165) is 36.3 Å². The van der Waals surface area contributed by atoms with Crippen LogP contribution in [0.5, 0.6) is 5.75 Å². The van der Waals surface area contributed by atoms with Gasteiger partial charge in [-0.1, -0.05) is 17.3 Å². The number of ether oxygens (including phenoxy) is 1. The van der Waals surface area contributed by atoms with Crippen molar-refractivity contribution in [1.82, 2.24) is 25.4 Å². The van der Waals surface area contributed by atoms with Crippen molar-refractivity contribution in [3.05, 3.63) is 41.5 Å². The molecular weight excluding hydrogens is 410 g/mol. The maximum absolute atomic E-state index is 9.89. The first-order valence-corrected chi connectivity index (χ1v) is 10.7. The highest BCUT2D eigenvalue weighted by atomic mass is 16.5. The lowest BCUT2D eigenvalue weighted by Crippen LogP contribution is -2.29. The van der Waals surface area contributed by atoms with Gasteiger partial charge in [0.2, 0.25) is 5.89 Å². The minimum Gasteiger partial charge on any atom is -0.491 e. The van der Waals surface area contributed by atoms with E-state index in [-0.39, 0.29) is 12.6 Å². The summed E-state index contributed by atoms with van der Waals surface area (Å²) in [5, 5.41) is 16.7. The quantitative estimate of drug-likeness (QED) is 0.478. The molecule has 4 rings (SSSR count). The molecule has 2 atom stereocenters. The van der Waals surface area contributed by atoms with Gasteiger partial charge in [-0.15, -0.1) is 0 Å². The molecule has 10 nitrogen and oxygen atoms in total.